The summed E-state index contributed by atoms with van der Waals surface area (Å²) in [6.07, 6.45) is -5.27. The monoisotopic (exact) mass is 433 g/mol. The van der Waals surface area contributed by atoms with Gasteiger partial charge < -0.3 is 15.6 Å². The van der Waals surface area contributed by atoms with Crippen molar-refractivity contribution in [3.63, 3.8) is 0 Å². The second-order valence-corrected chi connectivity index (χ2v) is 8.42. The second kappa shape index (κ2) is 7.73. The third-order valence-corrected chi connectivity index (χ3v) is 5.32. The zero-order valence-corrected chi connectivity index (χ0v) is 16.0. The van der Waals surface area contributed by atoms with Gasteiger partial charge in [0.25, 0.3) is 0 Å². The van der Waals surface area contributed by atoms with E-state index in [0.717, 1.165) is 22.8 Å². The summed E-state index contributed by atoms with van der Waals surface area (Å²) in [6.45, 7) is 0.963. The summed E-state index contributed by atoms with van der Waals surface area (Å²) in [5.41, 5.74) is 6.02. The normalized spacial score (nSPS) is 26.4. The van der Waals surface area contributed by atoms with Crippen LogP contribution in [0.3, 0.4) is 0 Å². The van der Waals surface area contributed by atoms with Crippen LogP contribution in [-0.2, 0) is 19.2 Å². The minimum absolute atomic E-state index is 0.0759. The summed E-state index contributed by atoms with van der Waals surface area (Å²) in [6, 6.07) is 2.03. The summed E-state index contributed by atoms with van der Waals surface area (Å²) >= 11 is 1.07. The number of ether oxygens (including phenoxy) is 1. The van der Waals surface area contributed by atoms with Crippen LogP contribution >= 0.6 is 11.8 Å². The Morgan fingerprint density at radius 3 is 2.93 bits per heavy atom. The van der Waals surface area contributed by atoms with Crippen LogP contribution in [0.2, 0.25) is 0 Å². The van der Waals surface area contributed by atoms with Crippen molar-refractivity contribution in [2.24, 2.45) is 5.14 Å². The van der Waals surface area contributed by atoms with Gasteiger partial charge in [0.2, 0.25) is 0 Å². The van der Waals surface area contributed by atoms with Gasteiger partial charge in [-0.1, -0.05) is 11.8 Å². The molecule has 1 aliphatic heterocycles. The molecule has 28 heavy (non-hydrogen) atoms. The Hall–Kier alpha value is -2.09. The molecule has 0 radical (unpaired) electrons. The first-order valence-corrected chi connectivity index (χ1v) is 10.2. The molecule has 3 rings (SSSR count). The van der Waals surface area contributed by atoms with Crippen LogP contribution in [-0.4, -0.2) is 63.5 Å². The maximum Gasteiger partial charge on any atom is 0.333 e. The first-order valence-electron chi connectivity index (χ1n) is 7.82. The SMILES string of the molecule is C[C@@H](C#N)Sc1nn([C@@H]2O[C@H](COS(N)(=O)=O)[C@@H](O)[C@@H]2F)c2ncnc(N)c12. The molecule has 15 heteroatoms. The molecule has 0 spiro atoms. The quantitative estimate of drug-likeness (QED) is 0.484. The lowest BCUT2D eigenvalue weighted by atomic mass is 10.1. The van der Waals surface area contributed by atoms with Crippen LogP contribution in [0.15, 0.2) is 11.4 Å². The fourth-order valence-electron chi connectivity index (χ4n) is 2.62. The van der Waals surface area contributed by atoms with Gasteiger partial charge in [-0.25, -0.2) is 24.2 Å². The fraction of sp³-hybridized carbons (Fsp3) is 0.538. The molecule has 0 aromatic carbocycles. The smallest absolute Gasteiger partial charge is 0.333 e. The molecule has 0 saturated carbocycles. The lowest BCUT2D eigenvalue weighted by molar-refractivity contribution is -0.0456. The molecule has 152 valence electrons. The molecule has 1 aliphatic rings. The number of fused-ring (bicyclic) bond motifs is 1. The van der Waals surface area contributed by atoms with Crippen molar-refractivity contribution < 1.29 is 26.8 Å². The Bertz CT molecular complexity index is 1030. The molecule has 5 atom stereocenters. The van der Waals surface area contributed by atoms with Gasteiger partial charge in [-0.3, -0.25) is 4.18 Å². The van der Waals surface area contributed by atoms with Gasteiger partial charge in [-0.15, -0.1) is 0 Å². The number of aliphatic hydroxyl groups excluding tert-OH is 1. The van der Waals surface area contributed by atoms with E-state index in [2.05, 4.69) is 19.2 Å². The average Bonchev–Trinajstić information content (AvgIpc) is 3.12. The minimum atomic E-state index is -4.29. The highest BCUT2D eigenvalue weighted by Crippen LogP contribution is 2.38. The van der Waals surface area contributed by atoms with E-state index in [-0.39, 0.29) is 16.5 Å². The predicted molar refractivity (Wildman–Crippen MR) is 94.5 cm³/mol. The first kappa shape index (κ1) is 20.6. The molecule has 12 nitrogen and oxygen atoms in total. The van der Waals surface area contributed by atoms with Crippen molar-refractivity contribution in [1.29, 1.82) is 5.26 Å². The topological polar surface area (TPSA) is 192 Å². The van der Waals surface area contributed by atoms with E-state index in [0.29, 0.717) is 5.39 Å². The molecular weight excluding hydrogens is 417 g/mol. The number of hydrogen-bond acceptors (Lipinski definition) is 11. The maximum atomic E-state index is 14.7. The highest BCUT2D eigenvalue weighted by molar-refractivity contribution is 8.00. The highest BCUT2D eigenvalue weighted by Gasteiger charge is 2.47. The molecule has 5 N–H and O–H groups in total. The van der Waals surface area contributed by atoms with E-state index >= 15 is 0 Å². The van der Waals surface area contributed by atoms with Crippen LogP contribution in [0.1, 0.15) is 13.2 Å². The van der Waals surface area contributed by atoms with Crippen molar-refractivity contribution in [3.8, 4) is 6.07 Å². The van der Waals surface area contributed by atoms with Crippen LogP contribution in [0, 0.1) is 11.3 Å². The number of aliphatic hydroxyl groups is 1. The number of nitrogen functional groups attached to an aromatic ring is 1. The Labute approximate surface area is 162 Å². The zero-order chi connectivity index (χ0) is 20.6. The summed E-state index contributed by atoms with van der Waals surface area (Å²) in [5.74, 6) is 0.0759. The van der Waals surface area contributed by atoms with Gasteiger partial charge in [0.15, 0.2) is 18.0 Å². The standard InChI is InChI=1S/C13H16FN7O5S2/c1-5(2-15)27-12-7-10(16)18-4-19-11(7)21(20-12)13-8(14)9(22)6(26-13)3-25-28(17,23)24/h4-6,8-9,13,22H,3H2,1H3,(H2,16,18,19)(H2,17,23,24)/t5-,6+,8-,9+,13+/m0/s1. The van der Waals surface area contributed by atoms with E-state index in [4.69, 9.17) is 20.9 Å². The zero-order valence-electron chi connectivity index (χ0n) is 14.3. The van der Waals surface area contributed by atoms with Crippen LogP contribution in [0.5, 0.6) is 0 Å². The molecule has 0 amide bonds. The molecule has 2 aromatic heterocycles. The molecule has 3 heterocycles. The highest BCUT2D eigenvalue weighted by atomic mass is 32.2. The Morgan fingerprint density at radius 2 is 2.29 bits per heavy atom. The number of thioether (sulfide) groups is 1. The van der Waals surface area contributed by atoms with Crippen LogP contribution < -0.4 is 10.9 Å². The Morgan fingerprint density at radius 1 is 1.57 bits per heavy atom. The predicted octanol–water partition coefficient (Wildman–Crippen LogP) is -0.771. The molecule has 1 fully saturated rings. The number of nitrogens with zero attached hydrogens (tertiary/aromatic N) is 5. The summed E-state index contributed by atoms with van der Waals surface area (Å²) in [4.78, 5) is 7.93. The fourth-order valence-corrected chi connectivity index (χ4v) is 3.78. The molecule has 1 saturated heterocycles. The summed E-state index contributed by atoms with van der Waals surface area (Å²) < 4.78 is 47.4. The Kier molecular flexibility index (Phi) is 5.70. The van der Waals surface area contributed by atoms with Crippen LogP contribution in [0.25, 0.3) is 11.0 Å². The molecular formula is C13H16FN7O5S2. The lowest BCUT2D eigenvalue weighted by Gasteiger charge is -2.14. The molecule has 2 aromatic rings. The van der Waals surface area contributed by atoms with Crippen LogP contribution in [0.4, 0.5) is 10.2 Å². The largest absolute Gasteiger partial charge is 0.387 e. The number of anilines is 1. The first-order chi connectivity index (χ1) is 13.1. The van der Waals surface area contributed by atoms with E-state index in [1.807, 2.05) is 6.07 Å². The number of hydrogen-bond donors (Lipinski definition) is 3. The Balaban J connectivity index is 1.97. The van der Waals surface area contributed by atoms with E-state index in [1.54, 1.807) is 6.92 Å². The van der Waals surface area contributed by atoms with Crippen molar-refractivity contribution in [3.05, 3.63) is 6.33 Å². The van der Waals surface area contributed by atoms with E-state index in [9.17, 15) is 17.9 Å². The van der Waals surface area contributed by atoms with Gasteiger partial charge in [-0.2, -0.15) is 18.8 Å². The number of alkyl halides is 1. The number of aromatic nitrogens is 4. The molecule has 0 bridgehead atoms. The van der Waals surface area contributed by atoms with E-state index in [1.165, 1.54) is 0 Å². The number of nitriles is 1. The lowest BCUT2D eigenvalue weighted by Crippen LogP contribution is -2.33. The van der Waals surface area contributed by atoms with Gasteiger partial charge in [0.05, 0.1) is 23.3 Å². The maximum absolute atomic E-state index is 14.7. The summed E-state index contributed by atoms with van der Waals surface area (Å²) in [5, 5.41) is 28.2. The van der Waals surface area contributed by atoms with E-state index < -0.39 is 46.8 Å². The van der Waals surface area contributed by atoms with Gasteiger partial charge in [0.1, 0.15) is 29.4 Å². The van der Waals surface area contributed by atoms with Crippen molar-refractivity contribution >= 4 is 38.9 Å². The number of halogens is 1. The van der Waals surface area contributed by atoms with Gasteiger partial charge in [0, 0.05) is 0 Å². The van der Waals surface area contributed by atoms with Crippen molar-refractivity contribution in [2.45, 2.75) is 41.8 Å². The van der Waals surface area contributed by atoms with Gasteiger partial charge >= 0.3 is 10.3 Å². The number of nitrogens with two attached hydrogens (primary N) is 2. The average molecular weight is 433 g/mol. The molecule has 0 unspecified atom stereocenters. The third kappa shape index (κ3) is 4.01. The summed E-state index contributed by atoms with van der Waals surface area (Å²) in [7, 11) is -4.29. The molecule has 0 aliphatic carbocycles. The second-order valence-electron chi connectivity index (χ2n) is 5.87. The minimum Gasteiger partial charge on any atom is -0.387 e. The third-order valence-electron chi connectivity index (χ3n) is 3.89. The van der Waals surface area contributed by atoms with Crippen molar-refractivity contribution in [1.82, 2.24) is 19.7 Å². The van der Waals surface area contributed by atoms with Crippen molar-refractivity contribution in [2.75, 3.05) is 12.3 Å². The van der Waals surface area contributed by atoms with Gasteiger partial charge in [-0.05, 0) is 6.92 Å². The number of rotatable bonds is 6.